The second kappa shape index (κ2) is 8.59. The number of hydrogen-bond donors (Lipinski definition) is 3. The Morgan fingerprint density at radius 3 is 2.72 bits per heavy atom. The Hall–Kier alpha value is -3.45. The van der Waals surface area contributed by atoms with Crippen molar-refractivity contribution in [2.75, 3.05) is 0 Å². The Kier molecular flexibility index (Phi) is 5.49. The van der Waals surface area contributed by atoms with Crippen molar-refractivity contribution >= 4 is 16.9 Å². The lowest BCUT2D eigenvalue weighted by atomic mass is 9.92. The predicted molar refractivity (Wildman–Crippen MR) is 123 cm³/mol. The summed E-state index contributed by atoms with van der Waals surface area (Å²) in [4.78, 5) is 20.6. The molecule has 1 fully saturated rings. The highest BCUT2D eigenvalue weighted by Gasteiger charge is 2.26. The molecule has 1 saturated carbocycles. The van der Waals surface area contributed by atoms with E-state index in [1.807, 2.05) is 31.6 Å². The SMILES string of the molecule is Cn1cc(-c2ccc(Cc3cc(C(=O)N[C@@H]4CCCC[C@H]4O)c4nc[nH]c4c3)cc2)cn1. The van der Waals surface area contributed by atoms with E-state index in [1.165, 1.54) is 0 Å². The predicted octanol–water partition coefficient (Wildman–Crippen LogP) is 3.59. The van der Waals surface area contributed by atoms with E-state index >= 15 is 0 Å². The number of aromatic nitrogens is 4. The number of nitrogens with one attached hydrogen (secondary N) is 2. The molecular weight excluding hydrogens is 402 g/mol. The Balaban J connectivity index is 1.38. The van der Waals surface area contributed by atoms with Crippen LogP contribution in [0.15, 0.2) is 55.1 Å². The van der Waals surface area contributed by atoms with Gasteiger partial charge in [0.2, 0.25) is 0 Å². The van der Waals surface area contributed by atoms with Gasteiger partial charge in [-0.3, -0.25) is 9.48 Å². The molecule has 0 bridgehead atoms. The number of nitrogens with zero attached hydrogens (tertiary/aromatic N) is 3. The van der Waals surface area contributed by atoms with E-state index in [1.54, 1.807) is 11.0 Å². The van der Waals surface area contributed by atoms with Crippen LogP contribution in [0.3, 0.4) is 0 Å². The van der Waals surface area contributed by atoms with Crippen molar-refractivity contribution in [2.24, 2.45) is 7.05 Å². The number of carbonyl (C=O) groups is 1. The summed E-state index contributed by atoms with van der Waals surface area (Å²) in [5.74, 6) is -0.179. The van der Waals surface area contributed by atoms with Crippen molar-refractivity contribution in [3.8, 4) is 11.1 Å². The fraction of sp³-hybridized carbons (Fsp3) is 0.320. The molecule has 2 aromatic carbocycles. The molecule has 1 aliphatic rings. The Bertz CT molecular complexity index is 1240. The van der Waals surface area contributed by atoms with Gasteiger partial charge >= 0.3 is 0 Å². The van der Waals surface area contributed by atoms with Crippen LogP contribution in [0.2, 0.25) is 0 Å². The molecule has 1 aliphatic carbocycles. The zero-order chi connectivity index (χ0) is 22.1. The molecule has 0 unspecified atom stereocenters. The van der Waals surface area contributed by atoms with Gasteiger partial charge in [-0.2, -0.15) is 5.10 Å². The maximum Gasteiger partial charge on any atom is 0.253 e. The minimum absolute atomic E-state index is 0.179. The van der Waals surface area contributed by atoms with Gasteiger partial charge in [-0.05, 0) is 48.1 Å². The summed E-state index contributed by atoms with van der Waals surface area (Å²) in [6.07, 6.45) is 9.25. The summed E-state index contributed by atoms with van der Waals surface area (Å²) in [5.41, 5.74) is 6.44. The fourth-order valence-electron chi connectivity index (χ4n) is 4.53. The van der Waals surface area contributed by atoms with Crippen LogP contribution in [-0.4, -0.2) is 42.9 Å². The third-order valence-corrected chi connectivity index (χ3v) is 6.27. The first kappa shape index (κ1) is 20.5. The minimum Gasteiger partial charge on any atom is -0.391 e. The van der Waals surface area contributed by atoms with Gasteiger partial charge in [0.15, 0.2) is 0 Å². The van der Waals surface area contributed by atoms with E-state index in [2.05, 4.69) is 44.6 Å². The molecule has 2 atom stereocenters. The number of aryl methyl sites for hydroxylation is 1. The average Bonchev–Trinajstić information content (AvgIpc) is 3.44. The molecule has 3 N–H and O–H groups in total. The molecule has 0 aliphatic heterocycles. The lowest BCUT2D eigenvalue weighted by molar-refractivity contribution is 0.0718. The number of aliphatic hydroxyl groups excluding tert-OH is 1. The molecule has 164 valence electrons. The first-order valence-corrected chi connectivity index (χ1v) is 11.1. The Morgan fingerprint density at radius 1 is 1.16 bits per heavy atom. The van der Waals surface area contributed by atoms with Gasteiger partial charge in [-0.1, -0.05) is 37.1 Å². The molecule has 4 aromatic rings. The summed E-state index contributed by atoms with van der Waals surface area (Å²) in [7, 11) is 1.91. The molecule has 0 radical (unpaired) electrons. The summed E-state index contributed by atoms with van der Waals surface area (Å²) >= 11 is 0. The summed E-state index contributed by atoms with van der Waals surface area (Å²) in [5, 5.41) is 17.5. The van der Waals surface area contributed by atoms with Crippen LogP contribution >= 0.6 is 0 Å². The van der Waals surface area contributed by atoms with Crippen molar-refractivity contribution in [3.63, 3.8) is 0 Å². The highest BCUT2D eigenvalue weighted by atomic mass is 16.3. The van der Waals surface area contributed by atoms with Crippen molar-refractivity contribution in [1.82, 2.24) is 25.1 Å². The highest BCUT2D eigenvalue weighted by molar-refractivity contribution is 6.05. The molecule has 7 heteroatoms. The summed E-state index contributed by atoms with van der Waals surface area (Å²) in [6, 6.07) is 12.2. The second-order valence-corrected chi connectivity index (χ2v) is 8.65. The molecule has 32 heavy (non-hydrogen) atoms. The van der Waals surface area contributed by atoms with Crippen LogP contribution in [-0.2, 0) is 13.5 Å². The van der Waals surface area contributed by atoms with E-state index in [0.717, 1.165) is 53.5 Å². The van der Waals surface area contributed by atoms with Crippen LogP contribution in [0.4, 0.5) is 0 Å². The number of imidazole rings is 1. The number of rotatable bonds is 5. The largest absolute Gasteiger partial charge is 0.391 e. The third kappa shape index (κ3) is 4.16. The minimum atomic E-state index is -0.483. The lowest BCUT2D eigenvalue weighted by Crippen LogP contribution is -2.45. The molecule has 7 nitrogen and oxygen atoms in total. The van der Waals surface area contributed by atoms with Gasteiger partial charge in [-0.25, -0.2) is 4.98 Å². The molecule has 2 aromatic heterocycles. The van der Waals surface area contributed by atoms with Crippen LogP contribution in [0.1, 0.15) is 47.2 Å². The topological polar surface area (TPSA) is 95.8 Å². The fourth-order valence-corrected chi connectivity index (χ4v) is 4.53. The van der Waals surface area contributed by atoms with Crippen molar-refractivity contribution < 1.29 is 9.90 Å². The molecule has 0 spiro atoms. The van der Waals surface area contributed by atoms with Gasteiger partial charge in [0.25, 0.3) is 5.91 Å². The van der Waals surface area contributed by atoms with Crippen LogP contribution in [0, 0.1) is 0 Å². The van der Waals surface area contributed by atoms with E-state index in [0.29, 0.717) is 17.5 Å². The van der Waals surface area contributed by atoms with Gasteiger partial charge in [0.05, 0.1) is 35.8 Å². The summed E-state index contributed by atoms with van der Waals surface area (Å²) in [6.45, 7) is 0. The van der Waals surface area contributed by atoms with Crippen LogP contribution in [0.5, 0.6) is 0 Å². The number of aliphatic hydroxyl groups is 1. The molecular formula is C25H27N5O2. The monoisotopic (exact) mass is 429 g/mol. The Labute approximate surface area is 186 Å². The first-order valence-electron chi connectivity index (χ1n) is 11.1. The van der Waals surface area contributed by atoms with Gasteiger partial charge in [0, 0.05) is 18.8 Å². The number of amides is 1. The zero-order valence-corrected chi connectivity index (χ0v) is 18.1. The standard InChI is InChI=1S/C25H27N5O2/c1-30-14-19(13-28-30)18-8-6-16(7-9-18)10-17-11-20(24-22(12-17)26-15-27-24)25(32)29-21-4-2-3-5-23(21)31/h6-9,11-15,21,23,31H,2-5,10H2,1H3,(H,26,27)(H,29,32)/t21-,23-/m1/s1. The number of hydrogen-bond acceptors (Lipinski definition) is 4. The Morgan fingerprint density at radius 2 is 1.97 bits per heavy atom. The maximum absolute atomic E-state index is 13.1. The number of aromatic amines is 1. The molecule has 2 heterocycles. The number of carbonyl (C=O) groups excluding carboxylic acids is 1. The van der Waals surface area contributed by atoms with Gasteiger partial charge < -0.3 is 15.4 Å². The normalized spacial score (nSPS) is 18.7. The van der Waals surface area contributed by atoms with E-state index < -0.39 is 6.10 Å². The smallest absolute Gasteiger partial charge is 0.253 e. The molecule has 1 amide bonds. The van der Waals surface area contributed by atoms with E-state index in [4.69, 9.17) is 0 Å². The zero-order valence-electron chi connectivity index (χ0n) is 18.1. The van der Waals surface area contributed by atoms with Crippen molar-refractivity contribution in [1.29, 1.82) is 0 Å². The third-order valence-electron chi connectivity index (χ3n) is 6.27. The van der Waals surface area contributed by atoms with Crippen LogP contribution in [0.25, 0.3) is 22.2 Å². The van der Waals surface area contributed by atoms with Crippen molar-refractivity contribution in [3.05, 3.63) is 71.8 Å². The van der Waals surface area contributed by atoms with Gasteiger partial charge in [-0.15, -0.1) is 0 Å². The number of fused-ring (bicyclic) bond motifs is 1. The second-order valence-electron chi connectivity index (χ2n) is 8.65. The number of H-pyrrole nitrogens is 1. The summed E-state index contributed by atoms with van der Waals surface area (Å²) < 4.78 is 1.79. The first-order chi connectivity index (χ1) is 15.6. The van der Waals surface area contributed by atoms with E-state index in [9.17, 15) is 9.90 Å². The molecule has 0 saturated heterocycles. The molecule has 5 rings (SSSR count). The maximum atomic E-state index is 13.1. The lowest BCUT2D eigenvalue weighted by Gasteiger charge is -2.28. The average molecular weight is 430 g/mol. The van der Waals surface area contributed by atoms with Crippen LogP contribution < -0.4 is 5.32 Å². The van der Waals surface area contributed by atoms with E-state index in [-0.39, 0.29) is 11.9 Å². The van der Waals surface area contributed by atoms with Crippen molar-refractivity contribution in [2.45, 2.75) is 44.2 Å². The highest BCUT2D eigenvalue weighted by Crippen LogP contribution is 2.24. The van der Waals surface area contributed by atoms with Gasteiger partial charge in [0.1, 0.15) is 5.52 Å². The number of benzene rings is 2. The quantitative estimate of drug-likeness (QED) is 0.452.